The normalized spacial score (nSPS) is 21.7. The molecule has 7 heteroatoms. The van der Waals surface area contributed by atoms with Gasteiger partial charge in [0.2, 0.25) is 17.7 Å². The number of ether oxygens (including phenoxy) is 1. The number of rotatable bonds is 5. The molecule has 23 heavy (non-hydrogen) atoms. The van der Waals surface area contributed by atoms with Crippen molar-refractivity contribution >= 4 is 17.5 Å². The van der Waals surface area contributed by atoms with Gasteiger partial charge in [-0.05, 0) is 45.3 Å². The SMILES string of the molecule is CN1CCCC1COc1cccc2nc(NC(=O)C3CC3)nn12. The topological polar surface area (TPSA) is 71.8 Å². The van der Waals surface area contributed by atoms with Gasteiger partial charge in [0.05, 0.1) is 0 Å². The number of amides is 1. The Labute approximate surface area is 134 Å². The third-order valence-electron chi connectivity index (χ3n) is 4.60. The minimum Gasteiger partial charge on any atom is -0.476 e. The zero-order chi connectivity index (χ0) is 15.8. The van der Waals surface area contributed by atoms with Crippen molar-refractivity contribution in [2.75, 3.05) is 25.5 Å². The maximum absolute atomic E-state index is 11.8. The predicted molar refractivity (Wildman–Crippen MR) is 85.5 cm³/mol. The summed E-state index contributed by atoms with van der Waals surface area (Å²) in [5.74, 6) is 1.14. The summed E-state index contributed by atoms with van der Waals surface area (Å²) < 4.78 is 7.61. The van der Waals surface area contributed by atoms with E-state index in [9.17, 15) is 4.79 Å². The second kappa shape index (κ2) is 5.81. The molecule has 0 aromatic carbocycles. The van der Waals surface area contributed by atoms with Crippen LogP contribution in [0.5, 0.6) is 5.88 Å². The lowest BCUT2D eigenvalue weighted by Gasteiger charge is -2.19. The third-order valence-corrected chi connectivity index (χ3v) is 4.60. The van der Waals surface area contributed by atoms with Gasteiger partial charge in [-0.15, -0.1) is 5.10 Å². The van der Waals surface area contributed by atoms with Crippen molar-refractivity contribution in [2.24, 2.45) is 5.92 Å². The second-order valence-corrected chi connectivity index (χ2v) is 6.42. The van der Waals surface area contributed by atoms with Gasteiger partial charge in [0.1, 0.15) is 6.61 Å². The van der Waals surface area contributed by atoms with E-state index in [2.05, 4.69) is 27.3 Å². The van der Waals surface area contributed by atoms with Crippen molar-refractivity contribution in [3.63, 3.8) is 0 Å². The fourth-order valence-corrected chi connectivity index (χ4v) is 2.97. The van der Waals surface area contributed by atoms with Gasteiger partial charge < -0.3 is 9.64 Å². The summed E-state index contributed by atoms with van der Waals surface area (Å²) >= 11 is 0. The quantitative estimate of drug-likeness (QED) is 0.906. The molecule has 1 aliphatic carbocycles. The van der Waals surface area contributed by atoms with Gasteiger partial charge in [0, 0.05) is 18.0 Å². The van der Waals surface area contributed by atoms with Crippen LogP contribution in [0, 0.1) is 5.92 Å². The molecule has 122 valence electrons. The number of hydrogen-bond acceptors (Lipinski definition) is 5. The molecular formula is C16H21N5O2. The van der Waals surface area contributed by atoms with Gasteiger partial charge in [-0.1, -0.05) is 6.07 Å². The first-order chi connectivity index (χ1) is 11.2. The summed E-state index contributed by atoms with van der Waals surface area (Å²) in [6, 6.07) is 6.07. The minimum atomic E-state index is 0.0101. The molecule has 4 rings (SSSR count). The first-order valence-electron chi connectivity index (χ1n) is 8.20. The summed E-state index contributed by atoms with van der Waals surface area (Å²) in [6.07, 6.45) is 4.30. The first-order valence-corrected chi connectivity index (χ1v) is 8.20. The lowest BCUT2D eigenvalue weighted by molar-refractivity contribution is -0.117. The van der Waals surface area contributed by atoms with Crippen LogP contribution in [-0.4, -0.2) is 51.6 Å². The summed E-state index contributed by atoms with van der Waals surface area (Å²) in [6.45, 7) is 1.76. The van der Waals surface area contributed by atoms with Crippen LogP contribution in [0.25, 0.3) is 5.65 Å². The highest BCUT2D eigenvalue weighted by atomic mass is 16.5. The third kappa shape index (κ3) is 3.01. The Balaban J connectivity index is 1.50. The van der Waals surface area contributed by atoms with Gasteiger partial charge in [0.25, 0.3) is 0 Å². The molecule has 0 spiro atoms. The molecule has 2 aromatic rings. The lowest BCUT2D eigenvalue weighted by atomic mass is 10.2. The highest BCUT2D eigenvalue weighted by Gasteiger charge is 2.30. The molecule has 1 atom stereocenters. The number of carbonyl (C=O) groups excluding carboxylic acids is 1. The van der Waals surface area contributed by atoms with E-state index in [1.165, 1.54) is 6.42 Å². The van der Waals surface area contributed by atoms with Gasteiger partial charge in [-0.2, -0.15) is 9.50 Å². The zero-order valence-electron chi connectivity index (χ0n) is 13.2. The maximum Gasteiger partial charge on any atom is 0.249 e. The Morgan fingerprint density at radius 1 is 1.39 bits per heavy atom. The fourth-order valence-electron chi connectivity index (χ4n) is 2.97. The van der Waals surface area contributed by atoms with Crippen molar-refractivity contribution < 1.29 is 9.53 Å². The van der Waals surface area contributed by atoms with Crippen LogP contribution in [-0.2, 0) is 4.79 Å². The van der Waals surface area contributed by atoms with Gasteiger partial charge >= 0.3 is 0 Å². The molecule has 2 aromatic heterocycles. The smallest absolute Gasteiger partial charge is 0.249 e. The van der Waals surface area contributed by atoms with E-state index in [0.29, 0.717) is 30.1 Å². The number of anilines is 1. The molecule has 2 aliphatic rings. The first kappa shape index (κ1) is 14.4. The number of nitrogens with zero attached hydrogens (tertiary/aromatic N) is 4. The van der Waals surface area contributed by atoms with Crippen LogP contribution < -0.4 is 10.1 Å². The van der Waals surface area contributed by atoms with E-state index < -0.39 is 0 Å². The van der Waals surface area contributed by atoms with E-state index in [4.69, 9.17) is 4.74 Å². The largest absolute Gasteiger partial charge is 0.476 e. The molecule has 1 saturated carbocycles. The van der Waals surface area contributed by atoms with Crippen LogP contribution in [0.1, 0.15) is 25.7 Å². The van der Waals surface area contributed by atoms with E-state index in [-0.39, 0.29) is 11.8 Å². The van der Waals surface area contributed by atoms with Crippen LogP contribution in [0.15, 0.2) is 18.2 Å². The molecule has 3 heterocycles. The Morgan fingerprint density at radius 3 is 3.00 bits per heavy atom. The van der Waals surface area contributed by atoms with Gasteiger partial charge in [0.15, 0.2) is 5.65 Å². The number of fused-ring (bicyclic) bond motifs is 1. The van der Waals surface area contributed by atoms with Gasteiger partial charge in [-0.25, -0.2) is 0 Å². The van der Waals surface area contributed by atoms with Crippen LogP contribution in [0.2, 0.25) is 0 Å². The Hall–Kier alpha value is -2.15. The van der Waals surface area contributed by atoms with Crippen molar-refractivity contribution in [1.82, 2.24) is 19.5 Å². The maximum atomic E-state index is 11.8. The van der Waals surface area contributed by atoms with E-state index in [1.54, 1.807) is 4.52 Å². The second-order valence-electron chi connectivity index (χ2n) is 6.42. The molecule has 7 nitrogen and oxygen atoms in total. The monoisotopic (exact) mass is 315 g/mol. The molecular weight excluding hydrogens is 294 g/mol. The molecule has 1 aliphatic heterocycles. The van der Waals surface area contributed by atoms with Crippen LogP contribution in [0.3, 0.4) is 0 Å². The summed E-state index contributed by atoms with van der Waals surface area (Å²) in [5, 5.41) is 7.14. The highest BCUT2D eigenvalue weighted by Crippen LogP contribution is 2.30. The molecule has 2 fully saturated rings. The summed E-state index contributed by atoms with van der Waals surface area (Å²) in [7, 11) is 2.13. The van der Waals surface area contributed by atoms with Crippen LogP contribution >= 0.6 is 0 Å². The molecule has 1 unspecified atom stereocenters. The Morgan fingerprint density at radius 2 is 2.26 bits per heavy atom. The van der Waals surface area contributed by atoms with Gasteiger partial charge in [-0.3, -0.25) is 10.1 Å². The molecule has 1 saturated heterocycles. The fraction of sp³-hybridized carbons (Fsp3) is 0.562. The Kier molecular flexibility index (Phi) is 3.65. The number of nitrogens with one attached hydrogen (secondary N) is 1. The zero-order valence-corrected chi connectivity index (χ0v) is 13.2. The average molecular weight is 315 g/mol. The van der Waals surface area contributed by atoms with Crippen molar-refractivity contribution in [1.29, 1.82) is 0 Å². The minimum absolute atomic E-state index is 0.0101. The highest BCUT2D eigenvalue weighted by molar-refractivity contribution is 5.92. The van der Waals surface area contributed by atoms with Crippen molar-refractivity contribution in [3.05, 3.63) is 18.2 Å². The number of carbonyl (C=O) groups is 1. The number of pyridine rings is 1. The molecule has 0 bridgehead atoms. The number of aromatic nitrogens is 3. The molecule has 1 amide bonds. The lowest BCUT2D eigenvalue weighted by Crippen LogP contribution is -2.30. The van der Waals surface area contributed by atoms with Crippen LogP contribution in [0.4, 0.5) is 5.95 Å². The standard InChI is InChI=1S/C16H21N5O2/c1-20-9-3-4-12(20)10-23-14-6-2-5-13-17-16(19-21(13)14)18-15(22)11-7-8-11/h2,5-6,11-12H,3-4,7-10H2,1H3,(H,18,19,22). The molecule has 0 radical (unpaired) electrons. The average Bonchev–Trinajstić information content (AvgIpc) is 3.19. The van der Waals surface area contributed by atoms with Crippen molar-refractivity contribution in [3.8, 4) is 5.88 Å². The number of likely N-dealkylation sites (N-methyl/N-ethyl adjacent to an activating group) is 1. The molecule has 1 N–H and O–H groups in total. The van der Waals surface area contributed by atoms with E-state index in [0.717, 1.165) is 25.8 Å². The number of hydrogen-bond donors (Lipinski definition) is 1. The summed E-state index contributed by atoms with van der Waals surface area (Å²) in [5.41, 5.74) is 0.674. The summed E-state index contributed by atoms with van der Waals surface area (Å²) in [4.78, 5) is 18.5. The number of likely N-dealkylation sites (tertiary alicyclic amines) is 1. The van der Waals surface area contributed by atoms with E-state index >= 15 is 0 Å². The predicted octanol–water partition coefficient (Wildman–Crippen LogP) is 1.55. The Bertz CT molecular complexity index is 724. The van der Waals surface area contributed by atoms with Crippen molar-refractivity contribution in [2.45, 2.75) is 31.7 Å². The van der Waals surface area contributed by atoms with E-state index in [1.807, 2.05) is 18.2 Å².